The van der Waals surface area contributed by atoms with Crippen molar-refractivity contribution >= 4 is 23.9 Å². The van der Waals surface area contributed by atoms with Gasteiger partial charge in [0.25, 0.3) is 0 Å². The maximum atomic E-state index is 10.3. The molecule has 0 heterocycles. The third-order valence-corrected chi connectivity index (χ3v) is 2.13. The van der Waals surface area contributed by atoms with Crippen LogP contribution >= 0.6 is 0 Å². The molecule has 0 fully saturated rings. The van der Waals surface area contributed by atoms with E-state index in [9.17, 15) is 19.2 Å². The molecule has 0 unspecified atom stereocenters. The first-order valence-corrected chi connectivity index (χ1v) is 6.43. The molecule has 0 aliphatic carbocycles. The second kappa shape index (κ2) is 12.1. The molecule has 22 heavy (non-hydrogen) atoms. The Bertz CT molecular complexity index is 429. The molecule has 0 aliphatic rings. The van der Waals surface area contributed by atoms with Crippen LogP contribution < -0.4 is 0 Å². The van der Waals surface area contributed by atoms with Crippen molar-refractivity contribution in [3.8, 4) is 0 Å². The summed E-state index contributed by atoms with van der Waals surface area (Å²) in [5.41, 5.74) is -0.111. The minimum absolute atomic E-state index is 0.0556. The monoisotopic (exact) mass is 316 g/mol. The van der Waals surface area contributed by atoms with E-state index < -0.39 is 36.7 Å². The molecule has 124 valence electrons. The van der Waals surface area contributed by atoms with Gasteiger partial charge in [0.2, 0.25) is 0 Å². The highest BCUT2D eigenvalue weighted by molar-refractivity contribution is 5.92. The summed E-state index contributed by atoms with van der Waals surface area (Å²) in [5.74, 6) is -4.55. The van der Waals surface area contributed by atoms with E-state index in [-0.39, 0.29) is 11.1 Å². The lowest BCUT2D eigenvalue weighted by molar-refractivity contribution is -0.139. The largest absolute Gasteiger partial charge is 0.481 e. The standard InChI is InChI=1S/2C7H10O4/c2*1-2-3-5(7(10)11)4-6(8)9/h2*3H,2,4H2,1H3,(H,8,9)(H,10,11). The lowest BCUT2D eigenvalue weighted by atomic mass is 10.1. The summed E-state index contributed by atoms with van der Waals surface area (Å²) in [5, 5.41) is 33.4. The van der Waals surface area contributed by atoms with Gasteiger partial charge in [0.15, 0.2) is 0 Å². The van der Waals surface area contributed by atoms with Crippen LogP contribution in [0.15, 0.2) is 23.3 Å². The number of rotatable bonds is 8. The van der Waals surface area contributed by atoms with Crippen LogP contribution in [0.4, 0.5) is 0 Å². The fourth-order valence-corrected chi connectivity index (χ4v) is 1.29. The minimum Gasteiger partial charge on any atom is -0.481 e. The van der Waals surface area contributed by atoms with Crippen LogP contribution in [0.3, 0.4) is 0 Å². The van der Waals surface area contributed by atoms with E-state index in [1.165, 1.54) is 12.2 Å². The zero-order valence-corrected chi connectivity index (χ0v) is 12.4. The second-order valence-electron chi connectivity index (χ2n) is 4.03. The fraction of sp³-hybridized carbons (Fsp3) is 0.429. The molecule has 0 radical (unpaired) electrons. The zero-order valence-electron chi connectivity index (χ0n) is 12.4. The average Bonchev–Trinajstić information content (AvgIpc) is 2.37. The molecular weight excluding hydrogens is 296 g/mol. The number of carboxylic acid groups (broad SMARTS) is 4. The Labute approximate surface area is 127 Å². The Balaban J connectivity index is 0. The molecule has 0 amide bonds. The lowest BCUT2D eigenvalue weighted by Gasteiger charge is -1.95. The number of allylic oxidation sites excluding steroid dienone is 2. The molecule has 0 rings (SSSR count). The van der Waals surface area contributed by atoms with Crippen molar-refractivity contribution in [2.45, 2.75) is 39.5 Å². The van der Waals surface area contributed by atoms with E-state index in [0.29, 0.717) is 12.8 Å². The van der Waals surface area contributed by atoms with Gasteiger partial charge in [-0.05, 0) is 12.8 Å². The van der Waals surface area contributed by atoms with Crippen molar-refractivity contribution in [1.29, 1.82) is 0 Å². The third-order valence-electron chi connectivity index (χ3n) is 2.13. The predicted octanol–water partition coefficient (Wildman–Crippen LogP) is 1.76. The minimum atomic E-state index is -1.16. The molecule has 0 aromatic rings. The summed E-state index contributed by atoms with van der Waals surface area (Å²) >= 11 is 0. The predicted molar refractivity (Wildman–Crippen MR) is 76.5 cm³/mol. The number of carboxylic acids is 4. The van der Waals surface area contributed by atoms with Crippen LogP contribution in [0, 0.1) is 0 Å². The molecule has 0 saturated carbocycles. The SMILES string of the molecule is CCC=C(CC(=O)O)C(=O)O.CCC=C(CC(=O)O)C(=O)O. The van der Waals surface area contributed by atoms with Crippen LogP contribution in [0.2, 0.25) is 0 Å². The molecule has 0 spiro atoms. The van der Waals surface area contributed by atoms with E-state index in [0.717, 1.165) is 0 Å². The molecule has 8 nitrogen and oxygen atoms in total. The molecule has 0 atom stereocenters. The topological polar surface area (TPSA) is 149 Å². The number of aliphatic carboxylic acids is 4. The molecule has 8 heteroatoms. The van der Waals surface area contributed by atoms with Crippen LogP contribution in [0.5, 0.6) is 0 Å². The lowest BCUT2D eigenvalue weighted by Crippen LogP contribution is -2.06. The Morgan fingerprint density at radius 2 is 0.955 bits per heavy atom. The molecule has 4 N–H and O–H groups in total. The number of hydrogen-bond acceptors (Lipinski definition) is 4. The Hall–Kier alpha value is -2.64. The van der Waals surface area contributed by atoms with Crippen molar-refractivity contribution in [3.05, 3.63) is 23.3 Å². The van der Waals surface area contributed by atoms with Gasteiger partial charge in [0.1, 0.15) is 0 Å². The van der Waals surface area contributed by atoms with Crippen molar-refractivity contribution in [3.63, 3.8) is 0 Å². The van der Waals surface area contributed by atoms with Crippen molar-refractivity contribution in [2.75, 3.05) is 0 Å². The second-order valence-corrected chi connectivity index (χ2v) is 4.03. The van der Waals surface area contributed by atoms with E-state index in [1.54, 1.807) is 13.8 Å². The summed E-state index contributed by atoms with van der Waals surface area (Å²) in [6.45, 7) is 3.51. The molecular formula is C14H20O8. The van der Waals surface area contributed by atoms with E-state index in [4.69, 9.17) is 20.4 Å². The van der Waals surface area contributed by atoms with Crippen molar-refractivity contribution in [2.24, 2.45) is 0 Å². The van der Waals surface area contributed by atoms with Gasteiger partial charge in [-0.15, -0.1) is 0 Å². The Kier molecular flexibility index (Phi) is 11.9. The fourth-order valence-electron chi connectivity index (χ4n) is 1.29. The average molecular weight is 316 g/mol. The molecule has 0 aromatic heterocycles. The summed E-state index contributed by atoms with van der Waals surface area (Å²) in [6, 6.07) is 0. The summed E-state index contributed by atoms with van der Waals surface area (Å²) in [4.78, 5) is 40.8. The number of hydrogen-bond donors (Lipinski definition) is 4. The van der Waals surface area contributed by atoms with Gasteiger partial charge >= 0.3 is 23.9 Å². The van der Waals surface area contributed by atoms with Crippen molar-refractivity contribution in [1.82, 2.24) is 0 Å². The molecule has 0 aliphatic heterocycles. The smallest absolute Gasteiger partial charge is 0.331 e. The highest BCUT2D eigenvalue weighted by Gasteiger charge is 2.10. The first kappa shape index (κ1) is 21.7. The molecule has 0 bridgehead atoms. The Morgan fingerprint density at radius 3 is 1.09 bits per heavy atom. The van der Waals surface area contributed by atoms with Gasteiger partial charge in [0, 0.05) is 11.1 Å². The van der Waals surface area contributed by atoms with Crippen LogP contribution in [0.25, 0.3) is 0 Å². The maximum Gasteiger partial charge on any atom is 0.331 e. The number of carbonyl (C=O) groups is 4. The van der Waals surface area contributed by atoms with E-state index in [1.807, 2.05) is 0 Å². The highest BCUT2D eigenvalue weighted by Crippen LogP contribution is 2.03. The molecule has 0 aromatic carbocycles. The van der Waals surface area contributed by atoms with Gasteiger partial charge < -0.3 is 20.4 Å². The van der Waals surface area contributed by atoms with Crippen LogP contribution in [0.1, 0.15) is 39.5 Å². The first-order valence-electron chi connectivity index (χ1n) is 6.43. The van der Waals surface area contributed by atoms with Gasteiger partial charge in [-0.2, -0.15) is 0 Å². The van der Waals surface area contributed by atoms with Gasteiger partial charge in [-0.3, -0.25) is 9.59 Å². The quantitative estimate of drug-likeness (QED) is 0.495. The normalized spacial score (nSPS) is 11.2. The van der Waals surface area contributed by atoms with Crippen LogP contribution in [-0.4, -0.2) is 44.3 Å². The van der Waals surface area contributed by atoms with Gasteiger partial charge in [-0.25, -0.2) is 9.59 Å². The summed E-state index contributed by atoms with van der Waals surface area (Å²) in [7, 11) is 0. The van der Waals surface area contributed by atoms with E-state index >= 15 is 0 Å². The molecule has 0 saturated heterocycles. The van der Waals surface area contributed by atoms with Crippen molar-refractivity contribution < 1.29 is 39.6 Å². The maximum absolute atomic E-state index is 10.3. The Morgan fingerprint density at radius 1 is 0.682 bits per heavy atom. The van der Waals surface area contributed by atoms with E-state index in [2.05, 4.69) is 0 Å². The van der Waals surface area contributed by atoms with Crippen LogP contribution in [-0.2, 0) is 19.2 Å². The first-order chi connectivity index (χ1) is 10.1. The summed E-state index contributed by atoms with van der Waals surface area (Å²) < 4.78 is 0. The third kappa shape index (κ3) is 12.4. The highest BCUT2D eigenvalue weighted by atomic mass is 16.4. The summed E-state index contributed by atoms with van der Waals surface area (Å²) in [6.07, 6.45) is 3.04. The van der Waals surface area contributed by atoms with Gasteiger partial charge in [0.05, 0.1) is 12.8 Å². The zero-order chi connectivity index (χ0) is 17.7. The van der Waals surface area contributed by atoms with Gasteiger partial charge in [-0.1, -0.05) is 26.0 Å².